The Balaban J connectivity index is 1.83. The van der Waals surface area contributed by atoms with Gasteiger partial charge >= 0.3 is 0 Å². The van der Waals surface area contributed by atoms with Gasteiger partial charge in [0.1, 0.15) is 11.5 Å². The molecule has 0 saturated carbocycles. The molecule has 1 aromatic carbocycles. The molecular formula is C23H26ClN3O3. The lowest BCUT2D eigenvalue weighted by molar-refractivity contribution is 0.125. The van der Waals surface area contributed by atoms with Crippen LogP contribution in [0.25, 0.3) is 0 Å². The summed E-state index contributed by atoms with van der Waals surface area (Å²) in [6.07, 6.45) is 1.60. The van der Waals surface area contributed by atoms with Crippen LogP contribution < -0.4 is 5.56 Å². The molecule has 30 heavy (non-hydrogen) atoms. The third kappa shape index (κ3) is 4.17. The van der Waals surface area contributed by atoms with E-state index in [9.17, 15) is 9.90 Å². The summed E-state index contributed by atoms with van der Waals surface area (Å²) in [5, 5.41) is 11.5. The van der Waals surface area contributed by atoms with Crippen molar-refractivity contribution in [1.29, 1.82) is 0 Å². The van der Waals surface area contributed by atoms with Crippen molar-refractivity contribution in [3.05, 3.63) is 86.7 Å². The number of hydrogen-bond donors (Lipinski definition) is 1. The molecule has 4 rings (SSSR count). The maximum atomic E-state index is 13.6. The number of nitrogens with zero attached hydrogens (tertiary/aromatic N) is 3. The van der Waals surface area contributed by atoms with Crippen molar-refractivity contribution in [3.8, 4) is 5.75 Å². The second-order valence-corrected chi connectivity index (χ2v) is 8.29. The molecule has 0 radical (unpaired) electrons. The van der Waals surface area contributed by atoms with E-state index in [4.69, 9.17) is 16.0 Å². The van der Waals surface area contributed by atoms with Crippen molar-refractivity contribution in [2.24, 2.45) is 0 Å². The number of likely N-dealkylation sites (N-methyl/N-ethyl adjacent to an activating group) is 1. The summed E-state index contributed by atoms with van der Waals surface area (Å²) in [4.78, 5) is 18.1. The average molecular weight is 428 g/mol. The Hall–Kier alpha value is -2.54. The Morgan fingerprint density at radius 3 is 2.47 bits per heavy atom. The summed E-state index contributed by atoms with van der Waals surface area (Å²) in [5.74, 6) is 0.714. The molecule has 3 heterocycles. The van der Waals surface area contributed by atoms with Crippen molar-refractivity contribution in [2.75, 3.05) is 33.2 Å². The summed E-state index contributed by atoms with van der Waals surface area (Å²) < 4.78 is 7.11. The van der Waals surface area contributed by atoms with Gasteiger partial charge < -0.3 is 19.0 Å². The molecule has 158 valence electrons. The Bertz CT molecular complexity index is 1050. The SMILES string of the molecule is Cc1cc(O)c(C(c2ccc(Cl)cc2)N2CCN(C)CC2)c(=O)n1Cc1ccco1. The minimum atomic E-state index is -0.355. The Morgan fingerprint density at radius 2 is 1.83 bits per heavy atom. The fourth-order valence-corrected chi connectivity index (χ4v) is 4.19. The predicted octanol–water partition coefficient (Wildman–Crippen LogP) is 3.49. The number of aromatic hydroxyl groups is 1. The van der Waals surface area contributed by atoms with Gasteiger partial charge in [-0.25, -0.2) is 0 Å². The largest absolute Gasteiger partial charge is 0.507 e. The molecule has 0 bridgehead atoms. The van der Waals surface area contributed by atoms with E-state index in [0.29, 0.717) is 28.6 Å². The highest BCUT2D eigenvalue weighted by Crippen LogP contribution is 2.33. The zero-order chi connectivity index (χ0) is 21.3. The zero-order valence-corrected chi connectivity index (χ0v) is 18.0. The van der Waals surface area contributed by atoms with E-state index in [1.54, 1.807) is 23.0 Å². The van der Waals surface area contributed by atoms with E-state index in [0.717, 1.165) is 31.7 Å². The lowest BCUT2D eigenvalue weighted by Gasteiger charge is -2.38. The highest BCUT2D eigenvalue weighted by Gasteiger charge is 2.31. The second-order valence-electron chi connectivity index (χ2n) is 7.85. The average Bonchev–Trinajstić information content (AvgIpc) is 3.23. The van der Waals surface area contributed by atoms with Crippen LogP contribution in [0.4, 0.5) is 0 Å². The molecule has 1 saturated heterocycles. The first kappa shape index (κ1) is 20.7. The minimum absolute atomic E-state index is 0.0204. The number of furan rings is 1. The molecule has 7 heteroatoms. The topological polar surface area (TPSA) is 61.9 Å². The van der Waals surface area contributed by atoms with Gasteiger partial charge in [0, 0.05) is 36.9 Å². The molecule has 6 nitrogen and oxygen atoms in total. The van der Waals surface area contributed by atoms with Crippen molar-refractivity contribution in [3.63, 3.8) is 0 Å². The molecule has 0 aliphatic carbocycles. The lowest BCUT2D eigenvalue weighted by Crippen LogP contribution is -2.47. The number of aryl methyl sites for hydroxylation is 1. The van der Waals surface area contributed by atoms with Gasteiger partial charge in [0.15, 0.2) is 0 Å². The normalized spacial score (nSPS) is 16.6. The number of piperazine rings is 1. The Kier molecular flexibility index (Phi) is 5.99. The molecule has 0 spiro atoms. The summed E-state index contributed by atoms with van der Waals surface area (Å²) in [7, 11) is 2.09. The summed E-state index contributed by atoms with van der Waals surface area (Å²) in [6, 6.07) is 12.5. The number of aromatic nitrogens is 1. The van der Waals surface area contributed by atoms with Crippen LogP contribution in [-0.2, 0) is 6.54 Å². The van der Waals surface area contributed by atoms with E-state index < -0.39 is 0 Å². The highest BCUT2D eigenvalue weighted by atomic mass is 35.5. The van der Waals surface area contributed by atoms with E-state index in [2.05, 4.69) is 16.8 Å². The van der Waals surface area contributed by atoms with Crippen molar-refractivity contribution in [2.45, 2.75) is 19.5 Å². The van der Waals surface area contributed by atoms with Gasteiger partial charge in [-0.15, -0.1) is 0 Å². The molecule has 1 aliphatic heterocycles. The first-order valence-electron chi connectivity index (χ1n) is 10.1. The quantitative estimate of drug-likeness (QED) is 0.675. The predicted molar refractivity (Wildman–Crippen MR) is 117 cm³/mol. The molecular weight excluding hydrogens is 402 g/mol. The summed E-state index contributed by atoms with van der Waals surface area (Å²) in [5.41, 5.74) is 1.80. The minimum Gasteiger partial charge on any atom is -0.507 e. The van der Waals surface area contributed by atoms with Gasteiger partial charge in [0.05, 0.1) is 24.4 Å². The zero-order valence-electron chi connectivity index (χ0n) is 17.2. The van der Waals surface area contributed by atoms with Crippen LogP contribution >= 0.6 is 11.6 Å². The molecule has 1 aliphatic rings. The van der Waals surface area contributed by atoms with E-state index >= 15 is 0 Å². The van der Waals surface area contributed by atoms with Crippen LogP contribution in [0.5, 0.6) is 5.75 Å². The van der Waals surface area contributed by atoms with Crippen molar-refractivity contribution < 1.29 is 9.52 Å². The molecule has 1 unspecified atom stereocenters. The van der Waals surface area contributed by atoms with Gasteiger partial charge in [-0.3, -0.25) is 9.69 Å². The first-order chi connectivity index (χ1) is 14.4. The summed E-state index contributed by atoms with van der Waals surface area (Å²) >= 11 is 6.11. The molecule has 1 fully saturated rings. The maximum absolute atomic E-state index is 13.6. The van der Waals surface area contributed by atoms with Crippen LogP contribution in [0.2, 0.25) is 5.02 Å². The number of pyridine rings is 1. The van der Waals surface area contributed by atoms with E-state index in [-0.39, 0.29) is 17.4 Å². The molecule has 1 N–H and O–H groups in total. The number of hydrogen-bond acceptors (Lipinski definition) is 5. The number of halogens is 1. The molecule has 2 aromatic heterocycles. The second kappa shape index (κ2) is 8.68. The van der Waals surface area contributed by atoms with Crippen LogP contribution in [0.1, 0.15) is 28.6 Å². The standard InChI is InChI=1S/C23H26ClN3O3/c1-16-14-20(28)21(23(29)27(16)15-19-4-3-13-30-19)22(17-5-7-18(24)8-6-17)26-11-9-25(2)10-12-26/h3-8,13-14,22,28H,9-12,15H2,1-2H3. The van der Waals surface area contributed by atoms with E-state index in [1.807, 2.05) is 37.3 Å². The van der Waals surface area contributed by atoms with Crippen LogP contribution in [0.15, 0.2) is 57.9 Å². The van der Waals surface area contributed by atoms with Crippen LogP contribution in [-0.4, -0.2) is 52.7 Å². The smallest absolute Gasteiger partial charge is 0.260 e. The Labute approximate surface area is 180 Å². The highest BCUT2D eigenvalue weighted by molar-refractivity contribution is 6.30. The number of rotatable bonds is 5. The van der Waals surface area contributed by atoms with Gasteiger partial charge in [-0.1, -0.05) is 23.7 Å². The van der Waals surface area contributed by atoms with E-state index in [1.165, 1.54) is 0 Å². The monoisotopic (exact) mass is 427 g/mol. The van der Waals surface area contributed by atoms with Gasteiger partial charge in [0.2, 0.25) is 0 Å². The molecule has 1 atom stereocenters. The fourth-order valence-electron chi connectivity index (χ4n) is 4.07. The van der Waals surface area contributed by atoms with Crippen molar-refractivity contribution >= 4 is 11.6 Å². The first-order valence-corrected chi connectivity index (χ1v) is 10.5. The molecule has 0 amide bonds. The number of benzene rings is 1. The van der Waals surface area contributed by atoms with Crippen LogP contribution in [0, 0.1) is 6.92 Å². The van der Waals surface area contributed by atoms with Crippen molar-refractivity contribution in [1.82, 2.24) is 14.4 Å². The fraction of sp³-hybridized carbons (Fsp3) is 0.348. The molecule has 3 aromatic rings. The Morgan fingerprint density at radius 1 is 1.13 bits per heavy atom. The van der Waals surface area contributed by atoms with Gasteiger partial charge in [0.25, 0.3) is 5.56 Å². The lowest BCUT2D eigenvalue weighted by atomic mass is 9.96. The maximum Gasteiger partial charge on any atom is 0.260 e. The summed E-state index contributed by atoms with van der Waals surface area (Å²) in [6.45, 7) is 5.54. The van der Waals surface area contributed by atoms with Gasteiger partial charge in [-0.2, -0.15) is 0 Å². The van der Waals surface area contributed by atoms with Gasteiger partial charge in [-0.05, 0) is 49.9 Å². The van der Waals surface area contributed by atoms with Crippen LogP contribution in [0.3, 0.4) is 0 Å². The third-order valence-corrected chi connectivity index (χ3v) is 6.03. The third-order valence-electron chi connectivity index (χ3n) is 5.78.